The van der Waals surface area contributed by atoms with Gasteiger partial charge in [-0.1, -0.05) is 6.07 Å². The number of aliphatic hydroxyl groups is 1. The Morgan fingerprint density at radius 3 is 2.77 bits per heavy atom. The van der Waals surface area contributed by atoms with Gasteiger partial charge in [0.25, 0.3) is 0 Å². The number of carbonyl (C=O) groups excluding carboxylic acids is 2. The van der Waals surface area contributed by atoms with Crippen molar-refractivity contribution in [2.45, 2.75) is 30.8 Å². The molecule has 0 spiro atoms. The number of nitrogens with zero attached hydrogens (tertiary/aromatic N) is 5. The zero-order chi connectivity index (χ0) is 27.7. The van der Waals surface area contributed by atoms with Crippen LogP contribution in [0.4, 0.5) is 14.6 Å². The summed E-state index contributed by atoms with van der Waals surface area (Å²) in [4.78, 5) is 29.5. The Bertz CT molecular complexity index is 1450. The molecule has 0 radical (unpaired) electrons. The second-order valence-electron chi connectivity index (χ2n) is 9.77. The number of benzene rings is 1. The van der Waals surface area contributed by atoms with Crippen LogP contribution in [0, 0.1) is 17.2 Å². The number of anilines is 1. The normalized spacial score (nSPS) is 21.6. The van der Waals surface area contributed by atoms with Gasteiger partial charge in [-0.15, -0.1) is 0 Å². The first-order valence-corrected chi connectivity index (χ1v) is 12.4. The zero-order valence-electron chi connectivity index (χ0n) is 21.1. The Balaban J connectivity index is 1.27. The number of pyridine rings is 1. The number of amides is 2. The molecule has 3 atom stereocenters. The van der Waals surface area contributed by atoms with Crippen molar-refractivity contribution in [2.24, 2.45) is 13.0 Å². The molecule has 2 N–H and O–H groups in total. The number of nitrogens with one attached hydrogen (secondary N) is 1. The van der Waals surface area contributed by atoms with Crippen molar-refractivity contribution in [3.8, 4) is 22.9 Å². The standard InChI is InChI=1S/C27H26F2N6O4/c1-34-13-19(12-32-34)20-10-21(20)26(38)33-24-9-17(4-6-31-24)16-2-3-22(18(8-16)11-30)39-23-5-7-35(25(37)14-36)15-27(23,28)29/h2-4,6,8-9,12-13,20-21,23,36H,5,7,10,14-15H2,1H3,(H,31,33,38)/t20-,21+,23+/m1/s1. The fraction of sp³-hybridized carbons (Fsp3) is 0.370. The highest BCUT2D eigenvalue weighted by atomic mass is 19.3. The van der Waals surface area contributed by atoms with Gasteiger partial charge in [0.05, 0.1) is 18.3 Å². The van der Waals surface area contributed by atoms with Gasteiger partial charge in [0.15, 0.2) is 6.10 Å². The van der Waals surface area contributed by atoms with Crippen LogP contribution in [0.15, 0.2) is 48.9 Å². The molecule has 0 bridgehead atoms. The minimum atomic E-state index is -3.36. The number of piperidine rings is 1. The Kier molecular flexibility index (Phi) is 7.01. The van der Waals surface area contributed by atoms with Gasteiger partial charge in [0, 0.05) is 38.3 Å². The van der Waals surface area contributed by atoms with E-state index in [2.05, 4.69) is 15.4 Å². The van der Waals surface area contributed by atoms with E-state index in [1.54, 1.807) is 29.1 Å². The topological polar surface area (TPSA) is 133 Å². The average molecular weight is 537 g/mol. The zero-order valence-corrected chi connectivity index (χ0v) is 21.1. The van der Waals surface area contributed by atoms with E-state index in [4.69, 9.17) is 9.84 Å². The summed E-state index contributed by atoms with van der Waals surface area (Å²) < 4.78 is 36.6. The summed E-state index contributed by atoms with van der Waals surface area (Å²) in [6.07, 6.45) is 4.26. The second-order valence-corrected chi connectivity index (χ2v) is 9.77. The molecule has 2 fully saturated rings. The van der Waals surface area contributed by atoms with Crippen LogP contribution in [0.5, 0.6) is 5.75 Å². The maximum absolute atomic E-state index is 14.7. The predicted molar refractivity (Wildman–Crippen MR) is 135 cm³/mol. The molecular weight excluding hydrogens is 510 g/mol. The summed E-state index contributed by atoms with van der Waals surface area (Å²) in [6.45, 7) is -1.70. The number of likely N-dealkylation sites (tertiary alicyclic amines) is 1. The molecule has 1 aromatic carbocycles. The highest BCUT2D eigenvalue weighted by Gasteiger charge is 2.48. The van der Waals surface area contributed by atoms with E-state index in [0.717, 1.165) is 16.9 Å². The summed E-state index contributed by atoms with van der Waals surface area (Å²) in [6, 6.07) is 10.0. The van der Waals surface area contributed by atoms with Crippen molar-refractivity contribution in [1.29, 1.82) is 5.26 Å². The lowest BCUT2D eigenvalue weighted by Gasteiger charge is -2.38. The number of halogens is 2. The van der Waals surface area contributed by atoms with E-state index in [1.807, 2.05) is 19.3 Å². The number of alkyl halides is 2. The highest BCUT2D eigenvalue weighted by Crippen LogP contribution is 2.47. The van der Waals surface area contributed by atoms with Gasteiger partial charge in [-0.25, -0.2) is 13.8 Å². The molecule has 0 unspecified atom stereocenters. The third-order valence-corrected chi connectivity index (χ3v) is 7.02. The van der Waals surface area contributed by atoms with Gasteiger partial charge < -0.3 is 20.1 Å². The number of aryl methyl sites for hydroxylation is 1. The van der Waals surface area contributed by atoms with Gasteiger partial charge in [-0.3, -0.25) is 14.3 Å². The van der Waals surface area contributed by atoms with Crippen LogP contribution < -0.4 is 10.1 Å². The van der Waals surface area contributed by atoms with Crippen LogP contribution in [0.25, 0.3) is 11.1 Å². The van der Waals surface area contributed by atoms with E-state index in [-0.39, 0.29) is 42.0 Å². The molecule has 12 heteroatoms. The van der Waals surface area contributed by atoms with Crippen LogP contribution in [-0.2, 0) is 16.6 Å². The minimum absolute atomic E-state index is 0.00520. The summed E-state index contributed by atoms with van der Waals surface area (Å²) in [5.41, 5.74) is 2.38. The second kappa shape index (κ2) is 10.4. The van der Waals surface area contributed by atoms with Crippen LogP contribution >= 0.6 is 0 Å². The summed E-state index contributed by atoms with van der Waals surface area (Å²) in [7, 11) is 1.83. The SMILES string of the molecule is Cn1cc([C@H]2C[C@@H]2C(=O)Nc2cc(-c3ccc(O[C@H]4CCN(C(=O)CO)CC4(F)F)c(C#N)c3)ccn2)cn1. The largest absolute Gasteiger partial charge is 0.483 e. The summed E-state index contributed by atoms with van der Waals surface area (Å²) in [5.74, 6) is -3.93. The van der Waals surface area contributed by atoms with Crippen molar-refractivity contribution in [3.05, 3.63) is 60.0 Å². The number of hydrogen-bond donors (Lipinski definition) is 2. The van der Waals surface area contributed by atoms with E-state index in [1.165, 1.54) is 18.3 Å². The Morgan fingerprint density at radius 1 is 1.28 bits per heavy atom. The molecule has 1 aliphatic heterocycles. The lowest BCUT2D eigenvalue weighted by Crippen LogP contribution is -2.55. The van der Waals surface area contributed by atoms with Gasteiger partial charge in [0.2, 0.25) is 11.8 Å². The van der Waals surface area contributed by atoms with E-state index in [0.29, 0.717) is 16.9 Å². The lowest BCUT2D eigenvalue weighted by atomic mass is 10.0. The summed E-state index contributed by atoms with van der Waals surface area (Å²) >= 11 is 0. The molecule has 1 saturated heterocycles. The first kappa shape index (κ1) is 26.2. The lowest BCUT2D eigenvalue weighted by molar-refractivity contribution is -0.161. The molecule has 2 amide bonds. The van der Waals surface area contributed by atoms with Gasteiger partial charge >= 0.3 is 5.92 Å². The molecule has 2 aliphatic rings. The van der Waals surface area contributed by atoms with Crippen LogP contribution in [0.3, 0.4) is 0 Å². The molecule has 202 valence electrons. The van der Waals surface area contributed by atoms with E-state index < -0.39 is 31.1 Å². The number of ether oxygens (including phenoxy) is 1. The monoisotopic (exact) mass is 536 g/mol. The maximum Gasteiger partial charge on any atom is 0.301 e. The molecule has 39 heavy (non-hydrogen) atoms. The van der Waals surface area contributed by atoms with Crippen LogP contribution in [0.1, 0.15) is 29.9 Å². The Hall–Kier alpha value is -4.37. The minimum Gasteiger partial charge on any atom is -0.483 e. The third kappa shape index (κ3) is 5.58. The first-order chi connectivity index (χ1) is 18.7. The first-order valence-electron chi connectivity index (χ1n) is 12.4. The molecule has 5 rings (SSSR count). The maximum atomic E-state index is 14.7. The van der Waals surface area contributed by atoms with Crippen molar-refractivity contribution in [3.63, 3.8) is 0 Å². The van der Waals surface area contributed by atoms with Gasteiger partial charge in [-0.05, 0) is 53.3 Å². The fourth-order valence-corrected chi connectivity index (χ4v) is 4.81. The number of rotatable bonds is 7. The van der Waals surface area contributed by atoms with Crippen LogP contribution in [-0.4, -0.2) is 68.3 Å². The third-order valence-electron chi connectivity index (χ3n) is 7.02. The molecule has 1 aliphatic carbocycles. The molecular formula is C27H26F2N6O4. The average Bonchev–Trinajstić information content (AvgIpc) is 3.62. The number of hydrogen-bond acceptors (Lipinski definition) is 7. The molecule has 1 saturated carbocycles. The highest BCUT2D eigenvalue weighted by molar-refractivity contribution is 5.95. The Labute approximate surface area is 222 Å². The fourth-order valence-electron chi connectivity index (χ4n) is 4.81. The number of carbonyl (C=O) groups is 2. The quantitative estimate of drug-likeness (QED) is 0.474. The Morgan fingerprint density at radius 2 is 2.08 bits per heavy atom. The van der Waals surface area contributed by atoms with Crippen molar-refractivity contribution < 1.29 is 28.2 Å². The van der Waals surface area contributed by atoms with Crippen molar-refractivity contribution in [2.75, 3.05) is 25.0 Å². The molecule has 10 nitrogen and oxygen atoms in total. The summed E-state index contributed by atoms with van der Waals surface area (Å²) in [5, 5.41) is 25.6. The van der Waals surface area contributed by atoms with Gasteiger partial charge in [-0.2, -0.15) is 10.4 Å². The molecule has 3 aromatic rings. The number of nitriles is 1. The molecule has 2 aromatic heterocycles. The smallest absolute Gasteiger partial charge is 0.301 e. The van der Waals surface area contributed by atoms with E-state index >= 15 is 0 Å². The number of aliphatic hydroxyl groups excluding tert-OH is 1. The van der Waals surface area contributed by atoms with Crippen LogP contribution in [0.2, 0.25) is 0 Å². The van der Waals surface area contributed by atoms with E-state index in [9.17, 15) is 23.6 Å². The van der Waals surface area contributed by atoms with Crippen molar-refractivity contribution in [1.82, 2.24) is 19.7 Å². The molecule has 3 heterocycles. The number of aromatic nitrogens is 3. The predicted octanol–water partition coefficient (Wildman–Crippen LogP) is 2.70. The van der Waals surface area contributed by atoms with Gasteiger partial charge in [0.1, 0.15) is 24.2 Å². The van der Waals surface area contributed by atoms with Crippen molar-refractivity contribution >= 4 is 17.6 Å².